The third-order valence-electron chi connectivity index (χ3n) is 9.23. The maximum absolute atomic E-state index is 2.39. The first-order chi connectivity index (χ1) is 21.6. The van der Waals surface area contributed by atoms with Crippen LogP contribution in [0.3, 0.4) is 0 Å². The van der Waals surface area contributed by atoms with Crippen LogP contribution in [0.4, 0.5) is 17.1 Å². The van der Waals surface area contributed by atoms with Gasteiger partial charge >= 0.3 is 0 Å². The van der Waals surface area contributed by atoms with Crippen LogP contribution in [0.15, 0.2) is 164 Å². The van der Waals surface area contributed by atoms with Crippen molar-refractivity contribution in [2.45, 2.75) is 19.3 Å². The lowest BCUT2D eigenvalue weighted by Crippen LogP contribution is -2.25. The second-order valence-electron chi connectivity index (χ2n) is 12.2. The molecule has 0 atom stereocenters. The Balaban J connectivity index is 1.32. The summed E-state index contributed by atoms with van der Waals surface area (Å²) in [7, 11) is 0. The Morgan fingerprint density at radius 1 is 0.409 bits per heavy atom. The molecular formula is C43H33N. The molecule has 1 aliphatic rings. The number of hydrogen-bond donors (Lipinski definition) is 0. The summed E-state index contributed by atoms with van der Waals surface area (Å²) in [6.07, 6.45) is 0. The summed E-state index contributed by atoms with van der Waals surface area (Å²) in [6, 6.07) is 59.4. The van der Waals surface area contributed by atoms with Crippen molar-refractivity contribution in [3.63, 3.8) is 0 Å². The Morgan fingerprint density at radius 2 is 0.955 bits per heavy atom. The summed E-state index contributed by atoms with van der Waals surface area (Å²) in [6.45, 7) is 4.78. The van der Waals surface area contributed by atoms with Gasteiger partial charge < -0.3 is 4.90 Å². The first-order valence-electron chi connectivity index (χ1n) is 15.4. The normalized spacial score (nSPS) is 13.0. The second-order valence-corrected chi connectivity index (χ2v) is 12.2. The minimum absolute atomic E-state index is 0.174. The van der Waals surface area contributed by atoms with E-state index in [0.717, 1.165) is 17.1 Å². The highest BCUT2D eigenvalue weighted by Gasteiger charge is 2.36. The van der Waals surface area contributed by atoms with Gasteiger partial charge in [0.05, 0.1) is 0 Å². The first kappa shape index (κ1) is 26.2. The van der Waals surface area contributed by atoms with Gasteiger partial charge in [-0.2, -0.15) is 0 Å². The molecule has 0 saturated carbocycles. The zero-order valence-corrected chi connectivity index (χ0v) is 25.0. The van der Waals surface area contributed by atoms with Crippen molar-refractivity contribution in [3.05, 3.63) is 175 Å². The van der Waals surface area contributed by atoms with E-state index in [1.54, 1.807) is 0 Å². The maximum atomic E-state index is 2.39. The van der Waals surface area contributed by atoms with Crippen molar-refractivity contribution in [2.24, 2.45) is 0 Å². The van der Waals surface area contributed by atoms with Crippen LogP contribution >= 0.6 is 0 Å². The lowest BCUT2D eigenvalue weighted by atomic mass is 9.65. The predicted molar refractivity (Wildman–Crippen MR) is 187 cm³/mol. The number of fused-ring (bicyclic) bond motifs is 2. The average Bonchev–Trinajstić information content (AvgIpc) is 3.08. The Bertz CT molecular complexity index is 2070. The predicted octanol–water partition coefficient (Wildman–Crippen LogP) is 11.9. The van der Waals surface area contributed by atoms with Crippen LogP contribution in [0.25, 0.3) is 44.2 Å². The molecule has 0 saturated heterocycles. The SMILES string of the molecule is CC1(C)c2c(-c3ccc(N(c4ccccc4)c4ccccc4)cc3)cccc2-c2c(-c3ccccc3)ccc3cccc1c23. The van der Waals surface area contributed by atoms with E-state index in [-0.39, 0.29) is 5.41 Å². The van der Waals surface area contributed by atoms with Gasteiger partial charge in [-0.25, -0.2) is 0 Å². The number of benzene rings is 7. The zero-order valence-electron chi connectivity index (χ0n) is 25.0. The lowest BCUT2D eigenvalue weighted by Gasteiger charge is -2.38. The Hall–Kier alpha value is -5.40. The Labute approximate surface area is 259 Å². The summed E-state index contributed by atoms with van der Waals surface area (Å²) in [4.78, 5) is 2.32. The first-order valence-corrected chi connectivity index (χ1v) is 15.4. The third kappa shape index (κ3) is 4.16. The largest absolute Gasteiger partial charge is 0.311 e. The van der Waals surface area contributed by atoms with E-state index < -0.39 is 0 Å². The minimum Gasteiger partial charge on any atom is -0.311 e. The fourth-order valence-electron chi connectivity index (χ4n) is 7.24. The molecule has 0 N–H and O–H groups in total. The molecule has 7 aromatic rings. The molecule has 0 radical (unpaired) electrons. The van der Waals surface area contributed by atoms with Crippen LogP contribution in [0.2, 0.25) is 0 Å². The second kappa shape index (κ2) is 10.4. The summed E-state index contributed by atoms with van der Waals surface area (Å²) in [5, 5.41) is 2.67. The molecule has 7 aromatic carbocycles. The topological polar surface area (TPSA) is 3.24 Å². The van der Waals surface area contributed by atoms with E-state index in [9.17, 15) is 0 Å². The van der Waals surface area contributed by atoms with Gasteiger partial charge in [-0.05, 0) is 91.7 Å². The van der Waals surface area contributed by atoms with Gasteiger partial charge in [0.2, 0.25) is 0 Å². The van der Waals surface area contributed by atoms with Gasteiger partial charge in [0, 0.05) is 22.5 Å². The van der Waals surface area contributed by atoms with E-state index in [1.807, 2.05) is 0 Å². The molecule has 210 valence electrons. The van der Waals surface area contributed by atoms with Crippen molar-refractivity contribution in [2.75, 3.05) is 4.90 Å². The van der Waals surface area contributed by atoms with Gasteiger partial charge in [0.25, 0.3) is 0 Å². The highest BCUT2D eigenvalue weighted by atomic mass is 15.1. The third-order valence-corrected chi connectivity index (χ3v) is 9.23. The highest BCUT2D eigenvalue weighted by Crippen LogP contribution is 2.54. The van der Waals surface area contributed by atoms with Crippen LogP contribution in [-0.2, 0) is 5.41 Å². The van der Waals surface area contributed by atoms with E-state index in [4.69, 9.17) is 0 Å². The molecule has 0 bridgehead atoms. The maximum Gasteiger partial charge on any atom is 0.0462 e. The van der Waals surface area contributed by atoms with Crippen LogP contribution in [0.1, 0.15) is 25.0 Å². The number of rotatable bonds is 5. The van der Waals surface area contributed by atoms with Crippen LogP contribution in [-0.4, -0.2) is 0 Å². The fourth-order valence-corrected chi connectivity index (χ4v) is 7.24. The number of nitrogens with zero attached hydrogens (tertiary/aromatic N) is 1. The average molecular weight is 564 g/mol. The molecule has 44 heavy (non-hydrogen) atoms. The molecule has 0 aromatic heterocycles. The van der Waals surface area contributed by atoms with Gasteiger partial charge in [0.15, 0.2) is 0 Å². The monoisotopic (exact) mass is 563 g/mol. The van der Waals surface area contributed by atoms with Crippen molar-refractivity contribution >= 4 is 27.8 Å². The van der Waals surface area contributed by atoms with Crippen LogP contribution in [0, 0.1) is 0 Å². The summed E-state index contributed by atoms with van der Waals surface area (Å²) >= 11 is 0. The standard InChI is InChI=1S/C43H33N/c1-43(2)39-23-12-16-32-26-29-36(30-14-6-3-7-15-30)41(40(32)39)38-22-13-21-37(42(38)43)31-24-27-35(28-25-31)44(33-17-8-4-9-18-33)34-19-10-5-11-20-34/h3-29H,1-2H3. The molecule has 1 nitrogen and oxygen atoms in total. The molecule has 8 rings (SSSR count). The summed E-state index contributed by atoms with van der Waals surface area (Å²) in [5.41, 5.74) is 13.7. The van der Waals surface area contributed by atoms with Crippen molar-refractivity contribution < 1.29 is 0 Å². The quantitative estimate of drug-likeness (QED) is 0.201. The summed E-state index contributed by atoms with van der Waals surface area (Å²) in [5.74, 6) is 0. The fraction of sp³-hybridized carbons (Fsp3) is 0.0698. The molecule has 1 heteroatoms. The highest BCUT2D eigenvalue weighted by molar-refractivity contribution is 6.10. The van der Waals surface area contributed by atoms with Gasteiger partial charge in [-0.15, -0.1) is 0 Å². The number of para-hydroxylation sites is 2. The summed E-state index contributed by atoms with van der Waals surface area (Å²) < 4.78 is 0. The molecule has 0 aliphatic heterocycles. The smallest absolute Gasteiger partial charge is 0.0462 e. The molecular weight excluding hydrogens is 530 g/mol. The van der Waals surface area contributed by atoms with Crippen molar-refractivity contribution in [3.8, 4) is 33.4 Å². The van der Waals surface area contributed by atoms with Crippen LogP contribution in [0.5, 0.6) is 0 Å². The Kier molecular flexibility index (Phi) is 6.20. The number of hydrogen-bond acceptors (Lipinski definition) is 1. The van der Waals surface area contributed by atoms with Gasteiger partial charge in [0.1, 0.15) is 0 Å². The van der Waals surface area contributed by atoms with Crippen molar-refractivity contribution in [1.29, 1.82) is 0 Å². The zero-order chi connectivity index (χ0) is 29.7. The molecule has 0 spiro atoms. The molecule has 0 fully saturated rings. The minimum atomic E-state index is -0.174. The van der Waals surface area contributed by atoms with Crippen molar-refractivity contribution in [1.82, 2.24) is 0 Å². The molecule has 0 heterocycles. The van der Waals surface area contributed by atoms with Gasteiger partial charge in [-0.3, -0.25) is 0 Å². The van der Waals surface area contributed by atoms with E-state index >= 15 is 0 Å². The van der Waals surface area contributed by atoms with Gasteiger partial charge in [-0.1, -0.05) is 141 Å². The van der Waals surface area contributed by atoms with E-state index in [2.05, 4.69) is 183 Å². The lowest BCUT2D eigenvalue weighted by molar-refractivity contribution is 0.647. The molecule has 0 amide bonds. The Morgan fingerprint density at radius 3 is 1.61 bits per heavy atom. The molecule has 0 unspecified atom stereocenters. The van der Waals surface area contributed by atoms with E-state index in [1.165, 1.54) is 55.3 Å². The van der Waals surface area contributed by atoms with Crippen LogP contribution < -0.4 is 4.90 Å². The van der Waals surface area contributed by atoms with E-state index in [0.29, 0.717) is 0 Å². The number of anilines is 3. The molecule has 1 aliphatic carbocycles.